The number of benzene rings is 1. The first kappa shape index (κ1) is 15.0. The van der Waals surface area contributed by atoms with Gasteiger partial charge in [0.15, 0.2) is 0 Å². The quantitative estimate of drug-likeness (QED) is 0.781. The fraction of sp³-hybridized carbons (Fsp3) is 0.462. The monoisotopic (exact) mass is 315 g/mol. The Morgan fingerprint density at radius 2 is 2.17 bits per heavy atom. The molecule has 1 aromatic carbocycles. The molecule has 1 atom stereocenters. The third-order valence-corrected chi connectivity index (χ3v) is 3.30. The number of rotatable bonds is 5. The standard InChI is InChI=1S/C13H18BrNO3/c1-3-6-13(2,18)8-15-12(17)9-4-5-10(14)11(16)7-9/h4-5,7,16,18H,3,6,8H2,1-2H3,(H,15,17). The highest BCUT2D eigenvalue weighted by Gasteiger charge is 2.20. The molecule has 18 heavy (non-hydrogen) atoms. The summed E-state index contributed by atoms with van der Waals surface area (Å²) in [5.41, 5.74) is -0.537. The van der Waals surface area contributed by atoms with Crippen molar-refractivity contribution in [3.05, 3.63) is 28.2 Å². The zero-order valence-electron chi connectivity index (χ0n) is 10.5. The predicted molar refractivity (Wildman–Crippen MR) is 73.7 cm³/mol. The van der Waals surface area contributed by atoms with Crippen LogP contribution >= 0.6 is 15.9 Å². The fourth-order valence-corrected chi connectivity index (χ4v) is 1.90. The number of hydrogen-bond donors (Lipinski definition) is 3. The lowest BCUT2D eigenvalue weighted by molar-refractivity contribution is 0.0469. The molecule has 5 heteroatoms. The fourth-order valence-electron chi connectivity index (χ4n) is 1.65. The third-order valence-electron chi connectivity index (χ3n) is 2.63. The van der Waals surface area contributed by atoms with E-state index in [1.54, 1.807) is 19.1 Å². The Morgan fingerprint density at radius 3 is 2.72 bits per heavy atom. The number of phenolic OH excluding ortho intramolecular Hbond substituents is 1. The maximum Gasteiger partial charge on any atom is 0.251 e. The van der Waals surface area contributed by atoms with E-state index >= 15 is 0 Å². The van der Waals surface area contributed by atoms with Crippen LogP contribution in [0.25, 0.3) is 0 Å². The smallest absolute Gasteiger partial charge is 0.251 e. The van der Waals surface area contributed by atoms with Crippen molar-refractivity contribution in [2.45, 2.75) is 32.3 Å². The lowest BCUT2D eigenvalue weighted by Gasteiger charge is -2.22. The topological polar surface area (TPSA) is 69.6 Å². The van der Waals surface area contributed by atoms with E-state index in [2.05, 4.69) is 21.2 Å². The highest BCUT2D eigenvalue weighted by molar-refractivity contribution is 9.10. The summed E-state index contributed by atoms with van der Waals surface area (Å²) < 4.78 is 0.539. The molecule has 0 aromatic heterocycles. The first-order valence-electron chi connectivity index (χ1n) is 5.85. The maximum atomic E-state index is 11.8. The van der Waals surface area contributed by atoms with Crippen molar-refractivity contribution >= 4 is 21.8 Å². The second kappa shape index (κ2) is 6.20. The highest BCUT2D eigenvalue weighted by Crippen LogP contribution is 2.24. The first-order valence-corrected chi connectivity index (χ1v) is 6.64. The Balaban J connectivity index is 2.63. The lowest BCUT2D eigenvalue weighted by Crippen LogP contribution is -2.40. The summed E-state index contributed by atoms with van der Waals surface area (Å²) in [4.78, 5) is 11.8. The summed E-state index contributed by atoms with van der Waals surface area (Å²) >= 11 is 3.15. The van der Waals surface area contributed by atoms with Gasteiger partial charge in [-0.25, -0.2) is 0 Å². The molecule has 0 heterocycles. The molecule has 0 fully saturated rings. The molecule has 0 radical (unpaired) electrons. The number of hydrogen-bond acceptors (Lipinski definition) is 3. The van der Waals surface area contributed by atoms with Crippen LogP contribution < -0.4 is 5.32 Å². The molecule has 0 aliphatic heterocycles. The number of nitrogens with one attached hydrogen (secondary N) is 1. The van der Waals surface area contributed by atoms with E-state index in [4.69, 9.17) is 0 Å². The van der Waals surface area contributed by atoms with Crippen LogP contribution in [-0.4, -0.2) is 28.3 Å². The molecule has 1 unspecified atom stereocenters. The number of amides is 1. The predicted octanol–water partition coefficient (Wildman–Crippen LogP) is 2.44. The number of halogens is 1. The molecule has 0 saturated heterocycles. The second-order valence-corrected chi connectivity index (χ2v) is 5.45. The van der Waals surface area contributed by atoms with E-state index in [1.165, 1.54) is 6.07 Å². The SMILES string of the molecule is CCCC(C)(O)CNC(=O)c1ccc(Br)c(O)c1. The van der Waals surface area contributed by atoms with Crippen LogP contribution in [0.1, 0.15) is 37.0 Å². The Kier molecular flexibility index (Phi) is 5.16. The Labute approximate surface area is 115 Å². The van der Waals surface area contributed by atoms with Gasteiger partial charge >= 0.3 is 0 Å². The van der Waals surface area contributed by atoms with E-state index in [0.717, 1.165) is 6.42 Å². The highest BCUT2D eigenvalue weighted by atomic mass is 79.9. The summed E-state index contributed by atoms with van der Waals surface area (Å²) in [6, 6.07) is 4.59. The van der Waals surface area contributed by atoms with Crippen LogP contribution in [0.3, 0.4) is 0 Å². The average Bonchev–Trinajstić information content (AvgIpc) is 2.30. The van der Waals surface area contributed by atoms with Gasteiger partial charge in [-0.2, -0.15) is 0 Å². The summed E-state index contributed by atoms with van der Waals surface area (Å²) in [6.45, 7) is 3.86. The van der Waals surface area contributed by atoms with Gasteiger partial charge in [0, 0.05) is 12.1 Å². The molecule has 0 aliphatic rings. The van der Waals surface area contributed by atoms with Crippen molar-refractivity contribution in [1.29, 1.82) is 0 Å². The van der Waals surface area contributed by atoms with Crippen LogP contribution in [0.4, 0.5) is 0 Å². The van der Waals surface area contributed by atoms with Crippen LogP contribution in [0.15, 0.2) is 22.7 Å². The molecular formula is C13H18BrNO3. The van der Waals surface area contributed by atoms with Crippen LogP contribution in [0, 0.1) is 0 Å². The zero-order valence-corrected chi connectivity index (χ0v) is 12.1. The molecule has 100 valence electrons. The number of carbonyl (C=O) groups is 1. The van der Waals surface area contributed by atoms with E-state index in [0.29, 0.717) is 16.5 Å². The molecule has 1 aromatic rings. The normalized spacial score (nSPS) is 14.0. The van der Waals surface area contributed by atoms with Crippen molar-refractivity contribution in [2.75, 3.05) is 6.54 Å². The van der Waals surface area contributed by atoms with E-state index < -0.39 is 5.60 Å². The molecule has 4 nitrogen and oxygen atoms in total. The van der Waals surface area contributed by atoms with Crippen molar-refractivity contribution < 1.29 is 15.0 Å². The second-order valence-electron chi connectivity index (χ2n) is 4.60. The van der Waals surface area contributed by atoms with Gasteiger partial charge in [-0.05, 0) is 47.5 Å². The number of aromatic hydroxyl groups is 1. The van der Waals surface area contributed by atoms with Gasteiger partial charge in [-0.3, -0.25) is 4.79 Å². The molecule has 0 bridgehead atoms. The van der Waals surface area contributed by atoms with E-state index in [1.807, 2.05) is 6.92 Å². The van der Waals surface area contributed by atoms with Gasteiger partial charge < -0.3 is 15.5 Å². The number of phenols is 1. The van der Waals surface area contributed by atoms with E-state index in [-0.39, 0.29) is 18.2 Å². The van der Waals surface area contributed by atoms with Crippen molar-refractivity contribution in [3.8, 4) is 5.75 Å². The molecule has 0 spiro atoms. The number of carbonyl (C=O) groups excluding carboxylic acids is 1. The Morgan fingerprint density at radius 1 is 1.50 bits per heavy atom. The molecule has 1 rings (SSSR count). The van der Waals surface area contributed by atoms with Gasteiger partial charge in [-0.1, -0.05) is 13.3 Å². The van der Waals surface area contributed by atoms with Gasteiger partial charge in [0.05, 0.1) is 10.1 Å². The average molecular weight is 316 g/mol. The molecule has 0 aliphatic carbocycles. The van der Waals surface area contributed by atoms with Gasteiger partial charge in [0.1, 0.15) is 5.75 Å². The molecule has 3 N–H and O–H groups in total. The lowest BCUT2D eigenvalue weighted by atomic mass is 10.0. The molecule has 0 saturated carbocycles. The zero-order chi connectivity index (χ0) is 13.8. The largest absolute Gasteiger partial charge is 0.507 e. The number of aliphatic hydroxyl groups is 1. The van der Waals surface area contributed by atoms with Crippen molar-refractivity contribution in [2.24, 2.45) is 0 Å². The first-order chi connectivity index (χ1) is 8.35. The summed E-state index contributed by atoms with van der Waals surface area (Å²) in [7, 11) is 0. The van der Waals surface area contributed by atoms with E-state index in [9.17, 15) is 15.0 Å². The summed E-state index contributed by atoms with van der Waals surface area (Å²) in [6.07, 6.45) is 1.47. The maximum absolute atomic E-state index is 11.8. The van der Waals surface area contributed by atoms with Crippen molar-refractivity contribution in [3.63, 3.8) is 0 Å². The van der Waals surface area contributed by atoms with Gasteiger partial charge in [0.25, 0.3) is 5.91 Å². The van der Waals surface area contributed by atoms with Crippen LogP contribution in [0.2, 0.25) is 0 Å². The van der Waals surface area contributed by atoms with Gasteiger partial charge in [-0.15, -0.1) is 0 Å². The minimum Gasteiger partial charge on any atom is -0.507 e. The summed E-state index contributed by atoms with van der Waals surface area (Å²) in [5.74, 6) is -0.294. The molecule has 1 amide bonds. The molecular weight excluding hydrogens is 298 g/mol. The minimum absolute atomic E-state index is 0.0166. The Bertz CT molecular complexity index is 432. The van der Waals surface area contributed by atoms with Crippen LogP contribution in [-0.2, 0) is 0 Å². The van der Waals surface area contributed by atoms with Crippen LogP contribution in [0.5, 0.6) is 5.75 Å². The summed E-state index contributed by atoms with van der Waals surface area (Å²) in [5, 5.41) is 22.1. The van der Waals surface area contributed by atoms with Crippen molar-refractivity contribution in [1.82, 2.24) is 5.32 Å². The minimum atomic E-state index is -0.901. The van der Waals surface area contributed by atoms with Gasteiger partial charge in [0.2, 0.25) is 0 Å². The Hall–Kier alpha value is -1.07. The third kappa shape index (κ3) is 4.31.